The maximum atomic E-state index is 6.15. The normalized spacial score (nSPS) is 28.7. The molecule has 2 atom stereocenters. The van der Waals surface area contributed by atoms with E-state index in [9.17, 15) is 0 Å². The molecule has 0 saturated carbocycles. The summed E-state index contributed by atoms with van der Waals surface area (Å²) < 4.78 is 6.15. The van der Waals surface area contributed by atoms with Gasteiger partial charge in [-0.3, -0.25) is 4.98 Å². The highest BCUT2D eigenvalue weighted by molar-refractivity contribution is 7.16. The minimum Gasteiger partial charge on any atom is -0.467 e. The van der Waals surface area contributed by atoms with Crippen LogP contribution in [0.2, 0.25) is 0 Å². The molecule has 2 aromatic rings. The second-order valence-electron chi connectivity index (χ2n) is 5.99. The van der Waals surface area contributed by atoms with Crippen LogP contribution >= 0.6 is 11.3 Å². The maximum Gasteiger partial charge on any atom is 0.273 e. The van der Waals surface area contributed by atoms with Crippen molar-refractivity contribution >= 4 is 11.3 Å². The number of nitrogens with zero attached hydrogens (tertiary/aromatic N) is 3. The highest BCUT2D eigenvalue weighted by Gasteiger charge is 2.39. The fourth-order valence-electron chi connectivity index (χ4n) is 3.55. The first-order chi connectivity index (χ1) is 10.3. The van der Waals surface area contributed by atoms with E-state index in [1.807, 2.05) is 18.5 Å². The van der Waals surface area contributed by atoms with E-state index in [0.717, 1.165) is 28.5 Å². The average Bonchev–Trinajstić information content (AvgIpc) is 3.03. The number of pyridine rings is 1. The Bertz CT molecular complexity index is 601. The molecule has 2 aromatic heterocycles. The van der Waals surface area contributed by atoms with Crippen molar-refractivity contribution in [1.29, 1.82) is 0 Å². The summed E-state index contributed by atoms with van der Waals surface area (Å²) in [6.45, 7) is 0. The lowest BCUT2D eigenvalue weighted by atomic mass is 10.0. The number of aromatic nitrogens is 2. The van der Waals surface area contributed by atoms with Crippen LogP contribution in [0.5, 0.6) is 5.19 Å². The van der Waals surface area contributed by atoms with Gasteiger partial charge >= 0.3 is 0 Å². The van der Waals surface area contributed by atoms with Crippen molar-refractivity contribution in [2.24, 2.45) is 0 Å². The summed E-state index contributed by atoms with van der Waals surface area (Å²) in [5.74, 6) is 0. The zero-order valence-corrected chi connectivity index (χ0v) is 12.9. The molecular formula is C16H19N3OS. The van der Waals surface area contributed by atoms with Crippen molar-refractivity contribution in [1.82, 2.24) is 14.9 Å². The van der Waals surface area contributed by atoms with Gasteiger partial charge in [0.1, 0.15) is 6.10 Å². The molecule has 4 rings (SSSR count). The van der Waals surface area contributed by atoms with Crippen LogP contribution in [0.15, 0.2) is 30.7 Å². The summed E-state index contributed by atoms with van der Waals surface area (Å²) in [7, 11) is 2.25. The third-order valence-electron chi connectivity index (χ3n) is 4.75. The van der Waals surface area contributed by atoms with E-state index in [1.165, 1.54) is 12.8 Å². The van der Waals surface area contributed by atoms with E-state index in [0.29, 0.717) is 18.2 Å². The predicted molar refractivity (Wildman–Crippen MR) is 83.6 cm³/mol. The number of piperidine rings is 1. The molecule has 4 heterocycles. The molecule has 0 spiro atoms. The van der Waals surface area contributed by atoms with E-state index in [4.69, 9.17) is 4.74 Å². The zero-order valence-electron chi connectivity index (χ0n) is 12.1. The molecule has 2 aliphatic heterocycles. The monoisotopic (exact) mass is 301 g/mol. The first kappa shape index (κ1) is 13.2. The largest absolute Gasteiger partial charge is 0.467 e. The number of hydrogen-bond donors (Lipinski definition) is 0. The predicted octanol–water partition coefficient (Wildman–Crippen LogP) is 3.21. The molecule has 5 heteroatoms. The minimum absolute atomic E-state index is 0.326. The van der Waals surface area contributed by atoms with E-state index >= 15 is 0 Å². The SMILES string of the molecule is CN1C2CCC1CC(Oc1ncc(-c3cccnc3)s1)C2. The number of ether oxygens (including phenoxy) is 1. The van der Waals surface area contributed by atoms with Crippen LogP contribution in [0.1, 0.15) is 25.7 Å². The minimum atomic E-state index is 0.326. The van der Waals surface area contributed by atoms with Crippen LogP contribution in [0.25, 0.3) is 10.4 Å². The van der Waals surface area contributed by atoms with Crippen molar-refractivity contribution in [2.75, 3.05) is 7.05 Å². The van der Waals surface area contributed by atoms with Crippen LogP contribution < -0.4 is 4.74 Å². The Balaban J connectivity index is 1.45. The third-order valence-corrected chi connectivity index (χ3v) is 5.69. The fourth-order valence-corrected chi connectivity index (χ4v) is 4.38. The number of hydrogen-bond acceptors (Lipinski definition) is 5. The molecule has 0 aromatic carbocycles. The Morgan fingerprint density at radius 1 is 1.24 bits per heavy atom. The molecule has 2 bridgehead atoms. The Kier molecular flexibility index (Phi) is 3.39. The second-order valence-corrected chi connectivity index (χ2v) is 6.99. The van der Waals surface area contributed by atoms with Gasteiger partial charge in [0.05, 0.1) is 4.88 Å². The van der Waals surface area contributed by atoms with Crippen LogP contribution in [-0.4, -0.2) is 40.1 Å². The van der Waals surface area contributed by atoms with Crippen molar-refractivity contribution in [3.05, 3.63) is 30.7 Å². The zero-order chi connectivity index (χ0) is 14.2. The summed E-state index contributed by atoms with van der Waals surface area (Å²) in [6.07, 6.45) is 10.8. The highest BCUT2D eigenvalue weighted by atomic mass is 32.1. The van der Waals surface area contributed by atoms with Crippen LogP contribution in [0, 0.1) is 0 Å². The molecule has 0 N–H and O–H groups in total. The van der Waals surface area contributed by atoms with Gasteiger partial charge in [-0.05, 0) is 38.8 Å². The lowest BCUT2D eigenvalue weighted by Gasteiger charge is -2.35. The molecule has 110 valence electrons. The van der Waals surface area contributed by atoms with Crippen LogP contribution in [-0.2, 0) is 0 Å². The summed E-state index contributed by atoms with van der Waals surface area (Å²) in [5.41, 5.74) is 1.10. The molecule has 21 heavy (non-hydrogen) atoms. The van der Waals surface area contributed by atoms with Gasteiger partial charge in [0.25, 0.3) is 5.19 Å². The lowest BCUT2D eigenvalue weighted by molar-refractivity contribution is 0.0660. The Morgan fingerprint density at radius 3 is 2.76 bits per heavy atom. The Labute approximate surface area is 128 Å². The van der Waals surface area contributed by atoms with Crippen molar-refractivity contribution in [3.63, 3.8) is 0 Å². The first-order valence-corrected chi connectivity index (χ1v) is 8.36. The third kappa shape index (κ3) is 2.56. The maximum absolute atomic E-state index is 6.15. The molecule has 4 nitrogen and oxygen atoms in total. The molecular weight excluding hydrogens is 282 g/mol. The number of rotatable bonds is 3. The van der Waals surface area contributed by atoms with Crippen molar-refractivity contribution in [2.45, 2.75) is 43.9 Å². The Hall–Kier alpha value is -1.46. The molecule has 0 radical (unpaired) electrons. The van der Waals surface area contributed by atoms with Crippen LogP contribution in [0.4, 0.5) is 0 Å². The van der Waals surface area contributed by atoms with Gasteiger partial charge in [-0.2, -0.15) is 0 Å². The highest BCUT2D eigenvalue weighted by Crippen LogP contribution is 2.37. The van der Waals surface area contributed by atoms with Crippen molar-refractivity contribution in [3.8, 4) is 15.6 Å². The van der Waals surface area contributed by atoms with Gasteiger partial charge in [0, 0.05) is 36.2 Å². The molecule has 2 fully saturated rings. The van der Waals surface area contributed by atoms with Gasteiger partial charge in [0.15, 0.2) is 0 Å². The molecule has 2 saturated heterocycles. The van der Waals surface area contributed by atoms with E-state index in [1.54, 1.807) is 17.5 Å². The smallest absolute Gasteiger partial charge is 0.273 e. The number of thiazole rings is 1. The first-order valence-electron chi connectivity index (χ1n) is 7.54. The molecule has 0 aliphatic carbocycles. The van der Waals surface area contributed by atoms with Crippen LogP contribution in [0.3, 0.4) is 0 Å². The van der Waals surface area contributed by atoms with E-state index < -0.39 is 0 Å². The lowest BCUT2D eigenvalue weighted by Crippen LogP contribution is -2.43. The summed E-state index contributed by atoms with van der Waals surface area (Å²) in [5, 5.41) is 0.794. The summed E-state index contributed by atoms with van der Waals surface area (Å²) >= 11 is 1.62. The van der Waals surface area contributed by atoms with Gasteiger partial charge in [-0.15, -0.1) is 0 Å². The van der Waals surface area contributed by atoms with E-state index in [2.05, 4.69) is 28.0 Å². The molecule has 2 aliphatic rings. The van der Waals surface area contributed by atoms with E-state index in [-0.39, 0.29) is 0 Å². The standard InChI is InChI=1S/C16H19N3OS/c1-19-12-4-5-13(19)8-14(7-12)20-16-18-10-15(21-16)11-3-2-6-17-9-11/h2-3,6,9-10,12-14H,4-5,7-8H2,1H3. The molecule has 2 unspecified atom stereocenters. The summed E-state index contributed by atoms with van der Waals surface area (Å²) in [6, 6.07) is 5.41. The van der Waals surface area contributed by atoms with Crippen molar-refractivity contribution < 1.29 is 4.74 Å². The quantitative estimate of drug-likeness (QED) is 0.872. The second kappa shape index (κ2) is 5.39. The van der Waals surface area contributed by atoms with Gasteiger partial charge in [-0.1, -0.05) is 17.4 Å². The van der Waals surface area contributed by atoms with Gasteiger partial charge in [-0.25, -0.2) is 4.98 Å². The average molecular weight is 301 g/mol. The topological polar surface area (TPSA) is 38.2 Å². The fraction of sp³-hybridized carbons (Fsp3) is 0.500. The Morgan fingerprint density at radius 2 is 2.05 bits per heavy atom. The van der Waals surface area contributed by atoms with Gasteiger partial charge in [0.2, 0.25) is 0 Å². The number of fused-ring (bicyclic) bond motifs is 2. The van der Waals surface area contributed by atoms with Gasteiger partial charge < -0.3 is 9.64 Å². The molecule has 0 amide bonds. The summed E-state index contributed by atoms with van der Waals surface area (Å²) in [4.78, 5) is 12.2.